The van der Waals surface area contributed by atoms with Crippen LogP contribution >= 0.6 is 11.3 Å². The normalized spacial score (nSPS) is 22.7. The van der Waals surface area contributed by atoms with Gasteiger partial charge in [0.2, 0.25) is 11.8 Å². The molecule has 3 aliphatic rings. The average Bonchev–Trinajstić information content (AvgIpc) is 3.58. The van der Waals surface area contributed by atoms with Crippen molar-refractivity contribution in [1.82, 2.24) is 15.2 Å². The van der Waals surface area contributed by atoms with Crippen molar-refractivity contribution in [2.75, 3.05) is 31.1 Å². The molecule has 1 saturated heterocycles. The number of ether oxygens (including phenoxy) is 1. The highest BCUT2D eigenvalue weighted by Gasteiger charge is 2.62. The number of benzene rings is 2. The fourth-order valence-corrected chi connectivity index (χ4v) is 7.21. The lowest BCUT2D eigenvalue weighted by Gasteiger charge is -2.35. The molecule has 0 radical (unpaired) electrons. The number of hydrogen-bond acceptors (Lipinski definition) is 6. The lowest BCUT2D eigenvalue weighted by molar-refractivity contribution is -0.127. The SMILES string of the molecule is Cc1nc(C(C)C)sc1C(=O)N1CC[C@]23C(=O)N(CC(=O)NCCCOc4cccc(c4)[C@H]12)c1ccccc13. The van der Waals surface area contributed by atoms with Gasteiger partial charge < -0.3 is 19.9 Å². The Balaban J connectivity index is 1.53. The first-order valence-electron chi connectivity index (χ1n) is 13.5. The third kappa shape index (κ3) is 4.11. The van der Waals surface area contributed by atoms with Crippen LogP contribution in [0.4, 0.5) is 5.69 Å². The van der Waals surface area contributed by atoms with E-state index < -0.39 is 11.5 Å². The third-order valence-electron chi connectivity index (χ3n) is 7.98. The summed E-state index contributed by atoms with van der Waals surface area (Å²) in [6.45, 7) is 7.26. The van der Waals surface area contributed by atoms with Crippen LogP contribution in [0.2, 0.25) is 0 Å². The van der Waals surface area contributed by atoms with Gasteiger partial charge in [-0.25, -0.2) is 4.98 Å². The number of fused-ring (bicyclic) bond motifs is 6. The molecule has 0 saturated carbocycles. The summed E-state index contributed by atoms with van der Waals surface area (Å²) in [4.78, 5) is 50.4. The van der Waals surface area contributed by atoms with Crippen molar-refractivity contribution in [3.63, 3.8) is 0 Å². The number of carbonyl (C=O) groups is 3. The Labute approximate surface area is 232 Å². The molecule has 202 valence electrons. The number of nitrogens with one attached hydrogen (secondary N) is 1. The van der Waals surface area contributed by atoms with Crippen molar-refractivity contribution in [1.29, 1.82) is 0 Å². The fraction of sp³-hybridized carbons (Fsp3) is 0.400. The zero-order chi connectivity index (χ0) is 27.3. The van der Waals surface area contributed by atoms with E-state index in [1.807, 2.05) is 60.4 Å². The topological polar surface area (TPSA) is 91.8 Å². The Kier molecular flexibility index (Phi) is 6.41. The first-order chi connectivity index (χ1) is 18.8. The minimum Gasteiger partial charge on any atom is -0.494 e. The smallest absolute Gasteiger partial charge is 0.266 e. The zero-order valence-corrected chi connectivity index (χ0v) is 23.2. The molecule has 2 atom stereocenters. The van der Waals surface area contributed by atoms with E-state index in [9.17, 15) is 14.4 Å². The molecule has 0 unspecified atom stereocenters. The summed E-state index contributed by atoms with van der Waals surface area (Å²) in [7, 11) is 0. The number of likely N-dealkylation sites (tertiary alicyclic amines) is 1. The number of para-hydroxylation sites is 1. The van der Waals surface area contributed by atoms with Crippen LogP contribution in [0, 0.1) is 6.92 Å². The van der Waals surface area contributed by atoms with Gasteiger partial charge in [-0.05, 0) is 49.1 Å². The summed E-state index contributed by atoms with van der Waals surface area (Å²) in [5.41, 5.74) is 2.12. The molecule has 6 rings (SSSR count). The molecule has 3 amide bonds. The molecule has 1 aromatic heterocycles. The number of aromatic nitrogens is 1. The van der Waals surface area contributed by atoms with E-state index in [0.717, 1.165) is 21.8 Å². The van der Waals surface area contributed by atoms with Crippen molar-refractivity contribution in [3.8, 4) is 5.75 Å². The molecule has 1 fully saturated rings. The molecule has 1 spiro atoms. The molecule has 0 aliphatic carbocycles. The number of thiazole rings is 1. The lowest BCUT2D eigenvalue weighted by atomic mass is 9.72. The largest absolute Gasteiger partial charge is 0.494 e. The van der Waals surface area contributed by atoms with E-state index >= 15 is 0 Å². The average molecular weight is 545 g/mol. The van der Waals surface area contributed by atoms with Gasteiger partial charge in [-0.2, -0.15) is 0 Å². The molecular formula is C30H32N4O4S. The third-order valence-corrected chi connectivity index (χ3v) is 9.42. The van der Waals surface area contributed by atoms with Crippen molar-refractivity contribution in [2.24, 2.45) is 0 Å². The minimum atomic E-state index is -1.02. The predicted molar refractivity (Wildman–Crippen MR) is 149 cm³/mol. The van der Waals surface area contributed by atoms with Crippen molar-refractivity contribution in [2.45, 2.75) is 51.0 Å². The van der Waals surface area contributed by atoms with Crippen LogP contribution in [-0.2, 0) is 15.0 Å². The number of carbonyl (C=O) groups excluding carboxylic acids is 3. The Morgan fingerprint density at radius 2 is 2.00 bits per heavy atom. The Hall–Kier alpha value is -3.72. The summed E-state index contributed by atoms with van der Waals surface area (Å²) in [6.07, 6.45) is 1.10. The van der Waals surface area contributed by atoms with E-state index in [1.165, 1.54) is 11.3 Å². The van der Waals surface area contributed by atoms with E-state index in [4.69, 9.17) is 4.74 Å². The number of aryl methyl sites for hydroxylation is 1. The highest BCUT2D eigenvalue weighted by Crippen LogP contribution is 2.57. The van der Waals surface area contributed by atoms with Gasteiger partial charge in [-0.3, -0.25) is 14.4 Å². The maximum atomic E-state index is 14.5. The van der Waals surface area contributed by atoms with E-state index in [2.05, 4.69) is 24.1 Å². The number of nitrogens with zero attached hydrogens (tertiary/aromatic N) is 3. The Morgan fingerprint density at radius 3 is 2.79 bits per heavy atom. The highest BCUT2D eigenvalue weighted by atomic mass is 32.1. The minimum absolute atomic E-state index is 0.0646. The van der Waals surface area contributed by atoms with Gasteiger partial charge in [-0.1, -0.05) is 44.2 Å². The van der Waals surface area contributed by atoms with Crippen LogP contribution in [-0.4, -0.2) is 53.8 Å². The molecule has 2 aromatic carbocycles. The summed E-state index contributed by atoms with van der Waals surface area (Å²) in [5, 5.41) is 3.84. The molecule has 3 aromatic rings. The van der Waals surface area contributed by atoms with Gasteiger partial charge in [0.25, 0.3) is 5.91 Å². The zero-order valence-electron chi connectivity index (χ0n) is 22.4. The van der Waals surface area contributed by atoms with Gasteiger partial charge in [0.15, 0.2) is 0 Å². The van der Waals surface area contributed by atoms with Crippen molar-refractivity contribution in [3.05, 3.63) is 75.2 Å². The highest BCUT2D eigenvalue weighted by molar-refractivity contribution is 7.13. The first-order valence-corrected chi connectivity index (χ1v) is 14.3. The predicted octanol–water partition coefficient (Wildman–Crippen LogP) is 4.35. The van der Waals surface area contributed by atoms with Crippen molar-refractivity contribution >= 4 is 34.7 Å². The van der Waals surface area contributed by atoms with E-state index in [0.29, 0.717) is 48.9 Å². The molecule has 4 heterocycles. The van der Waals surface area contributed by atoms with Crippen LogP contribution in [0.15, 0.2) is 48.5 Å². The number of hydrogen-bond donors (Lipinski definition) is 1. The van der Waals surface area contributed by atoms with Gasteiger partial charge in [-0.15, -0.1) is 11.3 Å². The van der Waals surface area contributed by atoms with Crippen LogP contribution in [0.5, 0.6) is 5.75 Å². The molecular weight excluding hydrogens is 512 g/mol. The molecule has 4 bridgehead atoms. The quantitative estimate of drug-likeness (QED) is 0.518. The van der Waals surface area contributed by atoms with Crippen LogP contribution in [0.25, 0.3) is 0 Å². The second-order valence-electron chi connectivity index (χ2n) is 10.8. The van der Waals surface area contributed by atoms with E-state index in [1.54, 1.807) is 4.90 Å². The second-order valence-corrected chi connectivity index (χ2v) is 11.8. The molecule has 1 N–H and O–H groups in total. The van der Waals surface area contributed by atoms with Crippen LogP contribution in [0.1, 0.15) is 70.1 Å². The van der Waals surface area contributed by atoms with Crippen LogP contribution < -0.4 is 15.0 Å². The summed E-state index contributed by atoms with van der Waals surface area (Å²) in [5.74, 6) is 0.414. The molecule has 9 heteroatoms. The molecule has 3 aliphatic heterocycles. The molecule has 39 heavy (non-hydrogen) atoms. The Bertz CT molecular complexity index is 1470. The summed E-state index contributed by atoms with van der Waals surface area (Å²) in [6, 6.07) is 14.9. The summed E-state index contributed by atoms with van der Waals surface area (Å²) >= 11 is 1.43. The standard InChI is InChI=1S/C30H32N4O4S/c1-18(2)27-32-19(3)25(39-27)28(36)33-14-12-30-22-10-4-5-11-23(22)34(29(30)37)17-24(35)31-13-7-15-38-21-9-6-8-20(16-21)26(30)33/h4-6,8-11,16,18,26H,7,12-15,17H2,1-3H3,(H,31,35)/t26-,30+/m0/s1. The van der Waals surface area contributed by atoms with Crippen LogP contribution in [0.3, 0.4) is 0 Å². The Morgan fingerprint density at radius 1 is 1.18 bits per heavy atom. The fourth-order valence-electron chi connectivity index (χ4n) is 6.18. The van der Waals surface area contributed by atoms with Gasteiger partial charge >= 0.3 is 0 Å². The maximum Gasteiger partial charge on any atom is 0.266 e. The lowest BCUT2D eigenvalue weighted by Crippen LogP contribution is -2.48. The summed E-state index contributed by atoms with van der Waals surface area (Å²) < 4.78 is 6.02. The molecule has 8 nitrogen and oxygen atoms in total. The van der Waals surface area contributed by atoms with Gasteiger partial charge in [0, 0.05) is 24.7 Å². The number of anilines is 1. The second kappa shape index (κ2) is 9.79. The maximum absolute atomic E-state index is 14.5. The number of amides is 3. The van der Waals surface area contributed by atoms with Crippen molar-refractivity contribution < 1.29 is 19.1 Å². The number of rotatable bonds is 2. The van der Waals surface area contributed by atoms with Gasteiger partial charge in [0.05, 0.1) is 23.4 Å². The monoisotopic (exact) mass is 544 g/mol. The van der Waals surface area contributed by atoms with Gasteiger partial charge in [0.1, 0.15) is 22.6 Å². The van der Waals surface area contributed by atoms with E-state index in [-0.39, 0.29) is 30.2 Å². The first kappa shape index (κ1) is 25.6.